The third kappa shape index (κ3) is 2.84. The highest BCUT2D eigenvalue weighted by Gasteiger charge is 2.52. The topological polar surface area (TPSA) is 58.6 Å². The minimum atomic E-state index is -0.111. The molecule has 1 aromatic carbocycles. The molecule has 4 aliphatic rings. The van der Waals surface area contributed by atoms with Crippen molar-refractivity contribution in [3.05, 3.63) is 50.7 Å². The molecule has 0 radical (unpaired) electrons. The third-order valence-corrected chi connectivity index (χ3v) is 9.10. The van der Waals surface area contributed by atoms with Crippen LogP contribution in [-0.2, 0) is 11.2 Å². The number of nitrogens with zero attached hydrogens (tertiary/aromatic N) is 2. The van der Waals surface area contributed by atoms with Gasteiger partial charge in [0.25, 0.3) is 5.56 Å². The number of para-hydroxylation sites is 2. The van der Waals surface area contributed by atoms with Gasteiger partial charge in [-0.05, 0) is 68.4 Å². The van der Waals surface area contributed by atoms with Crippen molar-refractivity contribution in [1.82, 2.24) is 15.0 Å². The number of thiazole rings is 1. The highest BCUT2D eigenvalue weighted by atomic mass is 32.2. The average molecular weight is 410 g/mol. The van der Waals surface area contributed by atoms with Gasteiger partial charge < -0.3 is 4.98 Å². The summed E-state index contributed by atoms with van der Waals surface area (Å²) >= 11 is 3.34. The molecular weight excluding hydrogens is 386 g/mol. The molecule has 0 spiro atoms. The Hall–Kier alpha value is -1.66. The molecule has 0 saturated heterocycles. The van der Waals surface area contributed by atoms with Crippen molar-refractivity contribution < 1.29 is 0 Å². The van der Waals surface area contributed by atoms with E-state index in [2.05, 4.69) is 15.3 Å². The smallest absolute Gasteiger partial charge is 0.280 e. The molecule has 144 valence electrons. The maximum Gasteiger partial charge on any atom is 0.280 e. The number of thioether (sulfide) groups is 1. The molecular formula is C22H23N3OS2. The van der Waals surface area contributed by atoms with E-state index in [4.69, 9.17) is 4.98 Å². The summed E-state index contributed by atoms with van der Waals surface area (Å²) in [6.45, 7) is 0. The summed E-state index contributed by atoms with van der Waals surface area (Å²) in [4.78, 5) is 24.9. The quantitative estimate of drug-likeness (QED) is 0.606. The standard InChI is InChI=1S/C22H23N3OS2/c26-19-20(25-18-4-2-1-3-17(18)24-19)27-11-16-12-28-21(23-16)22-8-13-5-14(9-22)7-15(6-13)10-22/h1-4,12-15H,5-11H2,(H,24,26). The lowest BCUT2D eigenvalue weighted by molar-refractivity contribution is -0.00532. The average Bonchev–Trinajstić information content (AvgIpc) is 3.15. The van der Waals surface area contributed by atoms with Crippen LogP contribution >= 0.6 is 23.1 Å². The predicted octanol–water partition coefficient (Wildman–Crippen LogP) is 5.14. The van der Waals surface area contributed by atoms with Crippen LogP contribution in [0.4, 0.5) is 0 Å². The fourth-order valence-electron chi connectivity index (χ4n) is 6.24. The van der Waals surface area contributed by atoms with E-state index >= 15 is 0 Å². The molecule has 3 aromatic rings. The number of H-pyrrole nitrogens is 1. The van der Waals surface area contributed by atoms with E-state index in [0.717, 1.165) is 34.5 Å². The van der Waals surface area contributed by atoms with Gasteiger partial charge in [-0.25, -0.2) is 9.97 Å². The van der Waals surface area contributed by atoms with Crippen molar-refractivity contribution in [2.45, 2.75) is 54.7 Å². The Bertz CT molecular complexity index is 1070. The fraction of sp³-hybridized carbons (Fsp3) is 0.500. The number of hydrogen-bond donors (Lipinski definition) is 1. The Morgan fingerprint density at radius 1 is 1.07 bits per heavy atom. The molecule has 6 heteroatoms. The Morgan fingerprint density at radius 3 is 2.54 bits per heavy atom. The summed E-state index contributed by atoms with van der Waals surface area (Å²) in [6.07, 6.45) is 8.44. The van der Waals surface area contributed by atoms with Gasteiger partial charge in [0.2, 0.25) is 0 Å². The largest absolute Gasteiger partial charge is 0.318 e. The van der Waals surface area contributed by atoms with Gasteiger partial charge >= 0.3 is 0 Å². The summed E-state index contributed by atoms with van der Waals surface area (Å²) in [5, 5.41) is 4.10. The van der Waals surface area contributed by atoms with E-state index in [-0.39, 0.29) is 5.56 Å². The van der Waals surface area contributed by atoms with E-state index in [1.54, 1.807) is 0 Å². The summed E-state index contributed by atoms with van der Waals surface area (Å²) in [5.74, 6) is 3.52. The Balaban J connectivity index is 1.22. The number of aromatic amines is 1. The normalized spacial score (nSPS) is 30.9. The summed E-state index contributed by atoms with van der Waals surface area (Å²) in [6, 6.07) is 7.67. The Labute approximate surface area is 172 Å². The molecule has 4 aliphatic carbocycles. The SMILES string of the molecule is O=c1[nH]c2ccccc2nc1SCc1csc(C23CC4CC(CC(C4)C2)C3)n1. The molecule has 0 aliphatic heterocycles. The van der Waals surface area contributed by atoms with Crippen LogP contribution in [0.5, 0.6) is 0 Å². The van der Waals surface area contributed by atoms with E-state index in [0.29, 0.717) is 16.2 Å². The van der Waals surface area contributed by atoms with Crippen LogP contribution in [-0.4, -0.2) is 15.0 Å². The molecule has 2 heterocycles. The summed E-state index contributed by atoms with van der Waals surface area (Å²) in [5.41, 5.74) is 2.96. The molecule has 4 saturated carbocycles. The number of fused-ring (bicyclic) bond motifs is 1. The van der Waals surface area contributed by atoms with Crippen LogP contribution in [0.3, 0.4) is 0 Å². The van der Waals surface area contributed by atoms with E-state index in [1.807, 2.05) is 35.6 Å². The van der Waals surface area contributed by atoms with E-state index < -0.39 is 0 Å². The lowest BCUT2D eigenvalue weighted by atomic mass is 9.50. The van der Waals surface area contributed by atoms with Crippen LogP contribution in [0.1, 0.15) is 49.2 Å². The zero-order valence-corrected chi connectivity index (χ0v) is 17.3. The van der Waals surface area contributed by atoms with E-state index in [1.165, 1.54) is 55.3 Å². The summed E-state index contributed by atoms with van der Waals surface area (Å²) < 4.78 is 0. The molecule has 0 amide bonds. The molecule has 4 nitrogen and oxygen atoms in total. The van der Waals surface area contributed by atoms with Gasteiger partial charge in [-0.1, -0.05) is 23.9 Å². The first-order valence-electron chi connectivity index (χ1n) is 10.2. The second-order valence-corrected chi connectivity index (χ2v) is 10.8. The highest BCUT2D eigenvalue weighted by Crippen LogP contribution is 2.61. The molecule has 1 N–H and O–H groups in total. The second kappa shape index (κ2) is 6.42. The first-order chi connectivity index (χ1) is 13.7. The molecule has 7 rings (SSSR count). The molecule has 2 aromatic heterocycles. The van der Waals surface area contributed by atoms with Crippen molar-refractivity contribution in [2.24, 2.45) is 17.8 Å². The van der Waals surface area contributed by atoms with Crippen molar-refractivity contribution >= 4 is 34.1 Å². The van der Waals surface area contributed by atoms with Crippen LogP contribution < -0.4 is 5.56 Å². The minimum Gasteiger partial charge on any atom is -0.318 e. The number of nitrogens with one attached hydrogen (secondary N) is 1. The highest BCUT2D eigenvalue weighted by molar-refractivity contribution is 7.98. The Kier molecular flexibility index (Phi) is 3.95. The van der Waals surface area contributed by atoms with Crippen LogP contribution in [0.2, 0.25) is 0 Å². The van der Waals surface area contributed by atoms with Gasteiger partial charge in [0.15, 0.2) is 5.03 Å². The van der Waals surface area contributed by atoms with Gasteiger partial charge in [0.05, 0.1) is 21.7 Å². The predicted molar refractivity (Wildman–Crippen MR) is 114 cm³/mol. The molecule has 0 unspecified atom stereocenters. The molecule has 4 fully saturated rings. The molecule has 4 bridgehead atoms. The van der Waals surface area contributed by atoms with Gasteiger partial charge in [0.1, 0.15) is 0 Å². The number of aromatic nitrogens is 3. The lowest BCUT2D eigenvalue weighted by Gasteiger charge is -2.56. The molecule has 0 atom stereocenters. The summed E-state index contributed by atoms with van der Waals surface area (Å²) in [7, 11) is 0. The van der Waals surface area contributed by atoms with Gasteiger partial charge in [-0.15, -0.1) is 11.3 Å². The van der Waals surface area contributed by atoms with Gasteiger partial charge in [-0.3, -0.25) is 4.79 Å². The molecule has 28 heavy (non-hydrogen) atoms. The third-order valence-electron chi connectivity index (χ3n) is 6.97. The number of benzene rings is 1. The van der Waals surface area contributed by atoms with Crippen molar-refractivity contribution in [2.75, 3.05) is 0 Å². The van der Waals surface area contributed by atoms with Crippen molar-refractivity contribution in [3.63, 3.8) is 0 Å². The maximum atomic E-state index is 12.3. The zero-order valence-electron chi connectivity index (χ0n) is 15.7. The number of rotatable bonds is 4. The van der Waals surface area contributed by atoms with E-state index in [9.17, 15) is 4.79 Å². The van der Waals surface area contributed by atoms with Crippen LogP contribution in [0.15, 0.2) is 39.5 Å². The van der Waals surface area contributed by atoms with Crippen molar-refractivity contribution in [1.29, 1.82) is 0 Å². The van der Waals surface area contributed by atoms with Gasteiger partial charge in [0, 0.05) is 16.5 Å². The van der Waals surface area contributed by atoms with Crippen LogP contribution in [0.25, 0.3) is 11.0 Å². The first-order valence-corrected chi connectivity index (χ1v) is 12.1. The Morgan fingerprint density at radius 2 is 1.79 bits per heavy atom. The zero-order chi connectivity index (χ0) is 18.7. The fourth-order valence-corrected chi connectivity index (χ4v) is 8.18. The monoisotopic (exact) mass is 409 g/mol. The lowest BCUT2D eigenvalue weighted by Crippen LogP contribution is -2.48. The van der Waals surface area contributed by atoms with Crippen molar-refractivity contribution in [3.8, 4) is 0 Å². The van der Waals surface area contributed by atoms with Gasteiger partial charge in [-0.2, -0.15) is 0 Å². The van der Waals surface area contributed by atoms with Crippen LogP contribution in [0, 0.1) is 17.8 Å². The first kappa shape index (κ1) is 17.2. The minimum absolute atomic E-state index is 0.111. The number of hydrogen-bond acceptors (Lipinski definition) is 5. The second-order valence-electron chi connectivity index (χ2n) is 9.02. The maximum absolute atomic E-state index is 12.3.